The summed E-state index contributed by atoms with van der Waals surface area (Å²) in [6, 6.07) is 15.6. The van der Waals surface area contributed by atoms with Crippen molar-refractivity contribution in [3.63, 3.8) is 0 Å². The summed E-state index contributed by atoms with van der Waals surface area (Å²) in [5.41, 5.74) is 2.74. The van der Waals surface area contributed by atoms with E-state index >= 15 is 0 Å². The molecule has 4 rings (SSSR count). The number of aromatic nitrogens is 5. The van der Waals surface area contributed by atoms with E-state index in [1.54, 1.807) is 31.4 Å². The van der Waals surface area contributed by atoms with Crippen LogP contribution in [0.2, 0.25) is 5.02 Å². The molecule has 0 aliphatic rings. The zero-order valence-electron chi connectivity index (χ0n) is 18.9. The number of carbonyl (C=O) groups is 1. The summed E-state index contributed by atoms with van der Waals surface area (Å²) in [6.45, 7) is 2.45. The molecule has 4 aromatic rings. The Bertz CT molecular complexity index is 1410. The third kappa shape index (κ3) is 4.95. The van der Waals surface area contributed by atoms with Gasteiger partial charge in [0.1, 0.15) is 17.9 Å². The molecule has 11 heteroatoms. The molecule has 0 saturated carbocycles. The lowest BCUT2D eigenvalue weighted by molar-refractivity contribution is -0.115. The van der Waals surface area contributed by atoms with Crippen molar-refractivity contribution in [3.05, 3.63) is 65.6 Å². The highest BCUT2D eigenvalue weighted by Crippen LogP contribution is 2.37. The van der Waals surface area contributed by atoms with Gasteiger partial charge in [0.2, 0.25) is 11.7 Å². The Labute approximate surface area is 205 Å². The van der Waals surface area contributed by atoms with Gasteiger partial charge in [-0.2, -0.15) is 10.1 Å². The first-order valence-corrected chi connectivity index (χ1v) is 11.0. The van der Waals surface area contributed by atoms with Gasteiger partial charge < -0.3 is 10.2 Å². The van der Waals surface area contributed by atoms with E-state index in [4.69, 9.17) is 16.9 Å². The topological polar surface area (TPSA) is 113 Å². The van der Waals surface area contributed by atoms with E-state index in [1.165, 1.54) is 10.9 Å². The minimum atomic E-state index is -0.480. The average molecular weight is 491 g/mol. The number of aryl methyl sites for hydroxylation is 1. The number of nitrogens with zero attached hydrogens (tertiary/aromatic N) is 7. The number of hydrogen-bond acceptors (Lipinski definition) is 7. The van der Waals surface area contributed by atoms with Crippen molar-refractivity contribution in [2.24, 2.45) is 7.05 Å². The van der Waals surface area contributed by atoms with Gasteiger partial charge in [-0.25, -0.2) is 9.37 Å². The fourth-order valence-electron chi connectivity index (χ4n) is 3.66. The fraction of sp³-hybridized carbons (Fsp3) is 0.167. The van der Waals surface area contributed by atoms with Crippen molar-refractivity contribution in [1.29, 1.82) is 5.26 Å². The van der Waals surface area contributed by atoms with Gasteiger partial charge in [0.05, 0.1) is 23.7 Å². The highest BCUT2D eigenvalue weighted by atomic mass is 35.5. The molecule has 2 aromatic carbocycles. The van der Waals surface area contributed by atoms with Crippen molar-refractivity contribution < 1.29 is 9.18 Å². The maximum absolute atomic E-state index is 14.8. The molecule has 0 spiro atoms. The molecule has 176 valence electrons. The molecule has 0 fully saturated rings. The highest BCUT2D eigenvalue weighted by molar-refractivity contribution is 6.34. The fourth-order valence-corrected chi connectivity index (χ4v) is 3.84. The van der Waals surface area contributed by atoms with Crippen LogP contribution in [-0.4, -0.2) is 37.6 Å². The molecule has 0 bridgehead atoms. The summed E-state index contributed by atoms with van der Waals surface area (Å²) in [7, 11) is 1.62. The van der Waals surface area contributed by atoms with E-state index in [2.05, 4.69) is 25.7 Å². The van der Waals surface area contributed by atoms with Crippen LogP contribution in [0.5, 0.6) is 0 Å². The predicted molar refractivity (Wildman–Crippen MR) is 130 cm³/mol. The van der Waals surface area contributed by atoms with E-state index < -0.39 is 11.7 Å². The number of carbonyl (C=O) groups excluding carboxylic acids is 1. The molecule has 1 N–H and O–H groups in total. The molecular weight excluding hydrogens is 471 g/mol. The molecule has 0 saturated heterocycles. The van der Waals surface area contributed by atoms with E-state index in [0.29, 0.717) is 28.6 Å². The van der Waals surface area contributed by atoms with Crippen LogP contribution in [0.15, 0.2) is 54.7 Å². The Hall–Kier alpha value is -4.36. The summed E-state index contributed by atoms with van der Waals surface area (Å²) >= 11 is 6.34. The van der Waals surface area contributed by atoms with Gasteiger partial charge in [0.25, 0.3) is 0 Å². The number of halogens is 2. The van der Waals surface area contributed by atoms with Gasteiger partial charge in [-0.1, -0.05) is 35.9 Å². The van der Waals surface area contributed by atoms with Crippen LogP contribution in [0, 0.1) is 17.1 Å². The van der Waals surface area contributed by atoms with E-state index in [-0.39, 0.29) is 17.8 Å². The second-order valence-electron chi connectivity index (χ2n) is 7.43. The summed E-state index contributed by atoms with van der Waals surface area (Å²) in [4.78, 5) is 19.6. The maximum atomic E-state index is 14.8. The number of nitrogens with one attached hydrogen (secondary N) is 1. The highest BCUT2D eigenvalue weighted by Gasteiger charge is 2.20. The van der Waals surface area contributed by atoms with Crippen LogP contribution in [0.1, 0.15) is 13.3 Å². The number of pyridine rings is 1. The summed E-state index contributed by atoms with van der Waals surface area (Å²) in [5, 5.41) is 23.7. The Morgan fingerprint density at radius 3 is 2.66 bits per heavy atom. The van der Waals surface area contributed by atoms with Gasteiger partial charge in [0, 0.05) is 18.4 Å². The van der Waals surface area contributed by atoms with Crippen molar-refractivity contribution in [1.82, 2.24) is 25.2 Å². The molecule has 9 nitrogen and oxygen atoms in total. The summed E-state index contributed by atoms with van der Waals surface area (Å²) in [6.07, 6.45) is 1.24. The van der Waals surface area contributed by atoms with Crippen LogP contribution < -0.4 is 10.2 Å². The number of rotatable bonds is 7. The van der Waals surface area contributed by atoms with Gasteiger partial charge in [-0.05, 0) is 47.5 Å². The lowest BCUT2D eigenvalue weighted by atomic mass is 9.98. The number of nitriles is 1. The molecule has 0 aliphatic heterocycles. The largest absolute Gasteiger partial charge is 0.325 e. The standard InChI is InChI=1S/C24H20ClFN8O/c1-3-34(24-22(18(25)12-14-28-24)29-20(35)11-13-27)16-9-7-15(8-10-16)17-5-4-6-19(26)21(17)23-30-32-33(2)31-23/h4-10,12,14H,3,11H2,1-2H3,(H,29,35). The van der Waals surface area contributed by atoms with E-state index in [9.17, 15) is 9.18 Å². The number of hydrogen-bond donors (Lipinski definition) is 1. The van der Waals surface area contributed by atoms with Crippen LogP contribution in [0.25, 0.3) is 22.5 Å². The van der Waals surface area contributed by atoms with Crippen molar-refractivity contribution >= 4 is 34.7 Å². The van der Waals surface area contributed by atoms with E-state index in [1.807, 2.05) is 42.2 Å². The summed E-state index contributed by atoms with van der Waals surface area (Å²) < 4.78 is 14.8. The van der Waals surface area contributed by atoms with Crippen molar-refractivity contribution in [2.75, 3.05) is 16.8 Å². The van der Waals surface area contributed by atoms with Crippen molar-refractivity contribution in [2.45, 2.75) is 13.3 Å². The molecule has 0 atom stereocenters. The van der Waals surface area contributed by atoms with Crippen LogP contribution in [0.4, 0.5) is 21.6 Å². The number of tetrazole rings is 1. The molecule has 0 radical (unpaired) electrons. The third-order valence-electron chi connectivity index (χ3n) is 5.19. The lowest BCUT2D eigenvalue weighted by Gasteiger charge is -2.25. The molecule has 0 aliphatic carbocycles. The third-order valence-corrected chi connectivity index (χ3v) is 5.51. The zero-order valence-corrected chi connectivity index (χ0v) is 19.7. The quantitative estimate of drug-likeness (QED) is 0.398. The average Bonchev–Trinajstić information content (AvgIpc) is 3.27. The molecule has 2 heterocycles. The Balaban J connectivity index is 1.71. The Morgan fingerprint density at radius 2 is 2.00 bits per heavy atom. The van der Waals surface area contributed by atoms with Gasteiger partial charge in [0.15, 0.2) is 5.82 Å². The van der Waals surface area contributed by atoms with E-state index in [0.717, 1.165) is 11.3 Å². The second-order valence-corrected chi connectivity index (χ2v) is 7.84. The lowest BCUT2D eigenvalue weighted by Crippen LogP contribution is -2.21. The van der Waals surface area contributed by atoms with Crippen LogP contribution >= 0.6 is 11.6 Å². The first-order chi connectivity index (χ1) is 16.9. The number of amides is 1. The molecular formula is C24H20ClFN8O. The summed E-state index contributed by atoms with van der Waals surface area (Å²) in [5.74, 6) is -0.295. The number of benzene rings is 2. The Morgan fingerprint density at radius 1 is 1.23 bits per heavy atom. The first-order valence-electron chi connectivity index (χ1n) is 10.6. The molecule has 2 aromatic heterocycles. The normalized spacial score (nSPS) is 10.6. The van der Waals surface area contributed by atoms with Crippen molar-refractivity contribution in [3.8, 4) is 28.6 Å². The second kappa shape index (κ2) is 10.3. The number of anilines is 3. The SMILES string of the molecule is CCN(c1ccc(-c2cccc(F)c2-c2nnn(C)n2)cc1)c1nccc(Cl)c1NC(=O)CC#N. The molecule has 35 heavy (non-hydrogen) atoms. The monoisotopic (exact) mass is 490 g/mol. The molecule has 0 unspecified atom stereocenters. The van der Waals surface area contributed by atoms with Gasteiger partial charge >= 0.3 is 0 Å². The van der Waals surface area contributed by atoms with Crippen LogP contribution in [-0.2, 0) is 11.8 Å². The zero-order chi connectivity index (χ0) is 24.9. The smallest absolute Gasteiger partial charge is 0.238 e. The predicted octanol–water partition coefficient (Wildman–Crippen LogP) is 4.74. The minimum Gasteiger partial charge on any atom is -0.325 e. The minimum absolute atomic E-state index is 0.195. The molecule has 1 amide bonds. The maximum Gasteiger partial charge on any atom is 0.238 e. The Kier molecular flexibility index (Phi) is 6.98. The van der Waals surface area contributed by atoms with Gasteiger partial charge in [-0.3, -0.25) is 4.79 Å². The van der Waals surface area contributed by atoms with Gasteiger partial charge in [-0.15, -0.1) is 10.2 Å². The van der Waals surface area contributed by atoms with Crippen LogP contribution in [0.3, 0.4) is 0 Å². The first kappa shape index (κ1) is 23.8.